The van der Waals surface area contributed by atoms with Crippen LogP contribution in [0.1, 0.15) is 56.9 Å². The standard InChI is InChI=1S/C23H34N4O2/c28-22-14-20(17-26(22)16-19-8-7-10-24-15-19)23(29)27-13-6-3-9-21(27)18-25-11-4-1-2-5-12-25/h7-8,10,15,20-21H,1-6,9,11-14,16-18H2/t20-,21-/m0/s1. The fourth-order valence-electron chi connectivity index (χ4n) is 5.13. The number of carbonyl (C=O) groups excluding carboxylic acids is 2. The molecule has 0 radical (unpaired) electrons. The molecule has 1 aromatic rings. The Labute approximate surface area is 174 Å². The number of piperidine rings is 1. The van der Waals surface area contributed by atoms with Gasteiger partial charge in [0.15, 0.2) is 0 Å². The Bertz CT molecular complexity index is 687. The first-order valence-electron chi connectivity index (χ1n) is 11.4. The largest absolute Gasteiger partial charge is 0.338 e. The van der Waals surface area contributed by atoms with Gasteiger partial charge in [0.2, 0.25) is 11.8 Å². The van der Waals surface area contributed by atoms with Crippen LogP contribution in [0, 0.1) is 5.92 Å². The van der Waals surface area contributed by atoms with E-state index in [-0.39, 0.29) is 17.7 Å². The van der Waals surface area contributed by atoms with Crippen LogP contribution in [0.4, 0.5) is 0 Å². The van der Waals surface area contributed by atoms with Gasteiger partial charge in [0.05, 0.1) is 5.92 Å². The van der Waals surface area contributed by atoms with Crippen LogP contribution in [0.3, 0.4) is 0 Å². The second-order valence-corrected chi connectivity index (χ2v) is 8.93. The second kappa shape index (κ2) is 9.70. The minimum absolute atomic E-state index is 0.0910. The predicted molar refractivity (Wildman–Crippen MR) is 112 cm³/mol. The molecule has 29 heavy (non-hydrogen) atoms. The molecule has 4 heterocycles. The third-order valence-electron chi connectivity index (χ3n) is 6.74. The monoisotopic (exact) mass is 398 g/mol. The van der Waals surface area contributed by atoms with E-state index in [1.54, 1.807) is 12.4 Å². The Morgan fingerprint density at radius 3 is 2.62 bits per heavy atom. The molecule has 3 fully saturated rings. The molecule has 0 unspecified atom stereocenters. The Hall–Kier alpha value is -1.95. The molecule has 0 bridgehead atoms. The minimum Gasteiger partial charge on any atom is -0.338 e. The van der Waals surface area contributed by atoms with Crippen LogP contribution in [0.15, 0.2) is 24.5 Å². The van der Waals surface area contributed by atoms with E-state index < -0.39 is 0 Å². The van der Waals surface area contributed by atoms with E-state index in [1.165, 1.54) is 45.2 Å². The van der Waals surface area contributed by atoms with Crippen molar-refractivity contribution in [1.29, 1.82) is 0 Å². The van der Waals surface area contributed by atoms with Crippen molar-refractivity contribution in [2.75, 3.05) is 32.7 Å². The molecule has 1 aromatic heterocycles. The molecule has 3 aliphatic rings. The van der Waals surface area contributed by atoms with Gasteiger partial charge in [-0.25, -0.2) is 0 Å². The first-order chi connectivity index (χ1) is 14.2. The molecule has 4 rings (SSSR count). The molecule has 0 N–H and O–H groups in total. The lowest BCUT2D eigenvalue weighted by atomic mass is 9.98. The molecule has 2 amide bonds. The zero-order valence-electron chi connectivity index (χ0n) is 17.5. The molecule has 0 aliphatic carbocycles. The summed E-state index contributed by atoms with van der Waals surface area (Å²) in [5.74, 6) is 0.101. The van der Waals surface area contributed by atoms with E-state index in [0.717, 1.165) is 31.5 Å². The Balaban J connectivity index is 1.37. The van der Waals surface area contributed by atoms with Crippen LogP contribution in [-0.4, -0.2) is 70.3 Å². The average molecular weight is 399 g/mol. The molecule has 0 aromatic carbocycles. The quantitative estimate of drug-likeness (QED) is 0.765. The number of carbonyl (C=O) groups is 2. The number of amides is 2. The van der Waals surface area contributed by atoms with Crippen molar-refractivity contribution in [3.05, 3.63) is 30.1 Å². The van der Waals surface area contributed by atoms with Crippen LogP contribution in [0.25, 0.3) is 0 Å². The molecule has 3 aliphatic heterocycles. The van der Waals surface area contributed by atoms with Gasteiger partial charge in [-0.15, -0.1) is 0 Å². The van der Waals surface area contributed by atoms with Gasteiger partial charge in [0.1, 0.15) is 0 Å². The molecular formula is C23H34N4O2. The highest BCUT2D eigenvalue weighted by atomic mass is 16.2. The maximum absolute atomic E-state index is 13.4. The molecule has 6 nitrogen and oxygen atoms in total. The SMILES string of the molecule is O=C1C[C@H](C(=O)N2CCCC[C@H]2CN2CCCCCC2)CN1Cc1cccnc1. The number of likely N-dealkylation sites (tertiary alicyclic amines) is 3. The Morgan fingerprint density at radius 1 is 1.07 bits per heavy atom. The first-order valence-corrected chi connectivity index (χ1v) is 11.4. The first kappa shape index (κ1) is 20.3. The highest BCUT2D eigenvalue weighted by molar-refractivity contribution is 5.89. The van der Waals surface area contributed by atoms with Crippen molar-refractivity contribution in [3.8, 4) is 0 Å². The number of aromatic nitrogens is 1. The summed E-state index contributed by atoms with van der Waals surface area (Å²) in [5, 5.41) is 0. The van der Waals surface area contributed by atoms with Gasteiger partial charge in [0.25, 0.3) is 0 Å². The topological polar surface area (TPSA) is 56.8 Å². The number of hydrogen-bond acceptors (Lipinski definition) is 4. The number of rotatable bonds is 5. The van der Waals surface area contributed by atoms with Gasteiger partial charge >= 0.3 is 0 Å². The van der Waals surface area contributed by atoms with E-state index in [0.29, 0.717) is 25.6 Å². The molecule has 0 saturated carbocycles. The third-order valence-corrected chi connectivity index (χ3v) is 6.74. The fraction of sp³-hybridized carbons (Fsp3) is 0.696. The molecule has 3 saturated heterocycles. The normalized spacial score (nSPS) is 26.6. The highest BCUT2D eigenvalue weighted by Crippen LogP contribution is 2.27. The summed E-state index contributed by atoms with van der Waals surface area (Å²) < 4.78 is 0. The van der Waals surface area contributed by atoms with Crippen molar-refractivity contribution in [2.45, 2.75) is 64.0 Å². The summed E-state index contributed by atoms with van der Waals surface area (Å²) in [7, 11) is 0. The van der Waals surface area contributed by atoms with E-state index >= 15 is 0 Å². The van der Waals surface area contributed by atoms with E-state index in [1.807, 2.05) is 17.0 Å². The number of pyridine rings is 1. The summed E-state index contributed by atoms with van der Waals surface area (Å²) in [6.45, 7) is 5.28. The van der Waals surface area contributed by atoms with Gasteiger partial charge in [-0.1, -0.05) is 18.9 Å². The predicted octanol–water partition coefficient (Wildman–Crippen LogP) is 2.69. The summed E-state index contributed by atoms with van der Waals surface area (Å²) in [5.41, 5.74) is 1.02. The van der Waals surface area contributed by atoms with Crippen LogP contribution in [0.2, 0.25) is 0 Å². The lowest BCUT2D eigenvalue weighted by Crippen LogP contribution is -2.51. The maximum Gasteiger partial charge on any atom is 0.228 e. The summed E-state index contributed by atoms with van der Waals surface area (Å²) in [6, 6.07) is 4.19. The highest BCUT2D eigenvalue weighted by Gasteiger charge is 2.39. The van der Waals surface area contributed by atoms with E-state index in [9.17, 15) is 9.59 Å². The van der Waals surface area contributed by atoms with Crippen LogP contribution >= 0.6 is 0 Å². The van der Waals surface area contributed by atoms with E-state index in [2.05, 4.69) is 14.8 Å². The second-order valence-electron chi connectivity index (χ2n) is 8.93. The fourth-order valence-corrected chi connectivity index (χ4v) is 5.13. The van der Waals surface area contributed by atoms with Crippen molar-refractivity contribution in [2.24, 2.45) is 5.92 Å². The Morgan fingerprint density at radius 2 is 1.86 bits per heavy atom. The third kappa shape index (κ3) is 5.16. The molecule has 158 valence electrons. The number of hydrogen-bond donors (Lipinski definition) is 0. The van der Waals surface area contributed by atoms with Crippen LogP contribution < -0.4 is 0 Å². The van der Waals surface area contributed by atoms with Gasteiger partial charge in [-0.05, 0) is 56.8 Å². The zero-order valence-corrected chi connectivity index (χ0v) is 17.5. The zero-order chi connectivity index (χ0) is 20.1. The molecular weight excluding hydrogens is 364 g/mol. The lowest BCUT2D eigenvalue weighted by molar-refractivity contribution is -0.139. The van der Waals surface area contributed by atoms with Gasteiger partial charge in [-0.3, -0.25) is 14.6 Å². The minimum atomic E-state index is -0.191. The van der Waals surface area contributed by atoms with Crippen LogP contribution in [0.5, 0.6) is 0 Å². The van der Waals surface area contributed by atoms with Crippen LogP contribution in [-0.2, 0) is 16.1 Å². The number of nitrogens with zero attached hydrogens (tertiary/aromatic N) is 4. The summed E-state index contributed by atoms with van der Waals surface area (Å²) in [6.07, 6.45) is 12.5. The molecule has 6 heteroatoms. The van der Waals surface area contributed by atoms with E-state index in [4.69, 9.17) is 0 Å². The van der Waals surface area contributed by atoms with Crippen molar-refractivity contribution >= 4 is 11.8 Å². The summed E-state index contributed by atoms with van der Waals surface area (Å²) >= 11 is 0. The van der Waals surface area contributed by atoms with Gasteiger partial charge in [0, 0.05) is 51.0 Å². The maximum atomic E-state index is 13.4. The van der Waals surface area contributed by atoms with Gasteiger partial charge < -0.3 is 14.7 Å². The van der Waals surface area contributed by atoms with Crippen molar-refractivity contribution < 1.29 is 9.59 Å². The summed E-state index contributed by atoms with van der Waals surface area (Å²) in [4.78, 5) is 36.6. The van der Waals surface area contributed by atoms with Crippen molar-refractivity contribution in [1.82, 2.24) is 19.7 Å². The average Bonchev–Trinajstić information content (AvgIpc) is 2.93. The van der Waals surface area contributed by atoms with Crippen molar-refractivity contribution in [3.63, 3.8) is 0 Å². The lowest BCUT2D eigenvalue weighted by Gasteiger charge is -2.39. The molecule has 0 spiro atoms. The molecule has 2 atom stereocenters. The smallest absolute Gasteiger partial charge is 0.228 e. The Kier molecular flexibility index (Phi) is 6.80. The van der Waals surface area contributed by atoms with Gasteiger partial charge in [-0.2, -0.15) is 0 Å².